The molecule has 1 aromatic carbocycles. The van der Waals surface area contributed by atoms with E-state index in [2.05, 4.69) is 11.4 Å². The number of nitro groups is 1. The Labute approximate surface area is 188 Å². The maximum atomic E-state index is 13.1. The summed E-state index contributed by atoms with van der Waals surface area (Å²) in [5, 5.41) is 24.1. The van der Waals surface area contributed by atoms with Gasteiger partial charge in [0, 0.05) is 10.9 Å². The van der Waals surface area contributed by atoms with E-state index in [0.717, 1.165) is 36.1 Å². The Morgan fingerprint density at radius 2 is 2.16 bits per heavy atom. The molecule has 1 aliphatic heterocycles. The summed E-state index contributed by atoms with van der Waals surface area (Å²) < 4.78 is 5.75. The van der Waals surface area contributed by atoms with Crippen molar-refractivity contribution in [2.24, 2.45) is 5.92 Å². The van der Waals surface area contributed by atoms with Crippen LogP contribution < -0.4 is 15.0 Å². The lowest BCUT2D eigenvalue weighted by atomic mass is 9.96. The highest BCUT2D eigenvalue weighted by molar-refractivity contribution is 7.16. The average molecular weight is 455 g/mol. The van der Waals surface area contributed by atoms with Crippen molar-refractivity contribution >= 4 is 39.5 Å². The highest BCUT2D eigenvalue weighted by atomic mass is 32.1. The largest absolute Gasteiger partial charge is 0.478 e. The normalized spacial score (nSPS) is 17.2. The van der Waals surface area contributed by atoms with Gasteiger partial charge in [-0.1, -0.05) is 13.8 Å². The number of nitriles is 1. The molecule has 0 radical (unpaired) electrons. The highest BCUT2D eigenvalue weighted by Crippen LogP contribution is 2.39. The van der Waals surface area contributed by atoms with Crippen LogP contribution in [0.2, 0.25) is 0 Å². The minimum absolute atomic E-state index is 0.159. The van der Waals surface area contributed by atoms with Gasteiger partial charge in [-0.25, -0.2) is 0 Å². The molecule has 0 saturated carbocycles. The van der Waals surface area contributed by atoms with Crippen LogP contribution >= 0.6 is 11.3 Å². The second kappa shape index (κ2) is 8.59. The Kier molecular flexibility index (Phi) is 5.84. The van der Waals surface area contributed by atoms with Crippen LogP contribution in [0.5, 0.6) is 5.75 Å². The van der Waals surface area contributed by atoms with Crippen molar-refractivity contribution in [1.82, 2.24) is 0 Å². The van der Waals surface area contributed by atoms with E-state index < -0.39 is 16.9 Å². The van der Waals surface area contributed by atoms with Crippen LogP contribution in [-0.4, -0.2) is 29.4 Å². The van der Waals surface area contributed by atoms with Gasteiger partial charge in [-0.2, -0.15) is 5.26 Å². The molecule has 0 spiro atoms. The molecule has 1 aromatic heterocycles. The van der Waals surface area contributed by atoms with E-state index in [1.165, 1.54) is 34.4 Å². The molecule has 10 heteroatoms. The molecule has 0 saturated heterocycles. The van der Waals surface area contributed by atoms with Crippen molar-refractivity contribution in [1.29, 1.82) is 5.26 Å². The number of anilines is 2. The third-order valence-corrected chi connectivity index (χ3v) is 6.86. The van der Waals surface area contributed by atoms with Gasteiger partial charge >= 0.3 is 0 Å². The van der Waals surface area contributed by atoms with Crippen molar-refractivity contribution < 1.29 is 19.2 Å². The lowest BCUT2D eigenvalue weighted by Crippen LogP contribution is -2.50. The van der Waals surface area contributed by atoms with Gasteiger partial charge in [0.15, 0.2) is 11.9 Å². The molecule has 4 rings (SSSR count). The number of ether oxygens (including phenoxy) is 1. The Morgan fingerprint density at radius 1 is 1.41 bits per heavy atom. The van der Waals surface area contributed by atoms with Crippen LogP contribution in [0.3, 0.4) is 0 Å². The first-order valence-electron chi connectivity index (χ1n) is 10.4. The fourth-order valence-electron chi connectivity index (χ4n) is 4.06. The molecule has 166 valence electrons. The van der Waals surface area contributed by atoms with Crippen LogP contribution in [0.4, 0.5) is 16.4 Å². The quantitative estimate of drug-likeness (QED) is 0.541. The number of carbonyl (C=O) groups is 2. The number of hydrogen-bond acceptors (Lipinski definition) is 7. The number of carbonyl (C=O) groups excluding carboxylic acids is 2. The predicted octanol–water partition coefficient (Wildman–Crippen LogP) is 3.80. The van der Waals surface area contributed by atoms with Crippen LogP contribution in [0.1, 0.15) is 42.7 Å². The monoisotopic (exact) mass is 454 g/mol. The number of amides is 2. The van der Waals surface area contributed by atoms with Gasteiger partial charge in [0.1, 0.15) is 17.6 Å². The molecule has 2 heterocycles. The topological polar surface area (TPSA) is 126 Å². The first-order chi connectivity index (χ1) is 15.3. The lowest BCUT2D eigenvalue weighted by Gasteiger charge is -2.35. The first kappa shape index (κ1) is 21.8. The maximum Gasteiger partial charge on any atom is 0.273 e. The van der Waals surface area contributed by atoms with Gasteiger partial charge in [0.05, 0.1) is 22.2 Å². The third-order valence-electron chi connectivity index (χ3n) is 5.65. The molecule has 9 nitrogen and oxygen atoms in total. The molecule has 1 atom stereocenters. The standard InChI is InChI=1S/C22H22N4O5S/c1-12(2)20-22(28)25(16-8-7-13(26(29)30)9-17(16)31-20)11-19(27)24-21-15(10-23)14-5-3-4-6-18(14)32-21/h7-9,12,20H,3-6,11H2,1-2H3,(H,24,27). The summed E-state index contributed by atoms with van der Waals surface area (Å²) >= 11 is 1.42. The number of thiophene rings is 1. The van der Waals surface area contributed by atoms with Crippen molar-refractivity contribution in [3.8, 4) is 11.8 Å². The number of rotatable bonds is 5. The molecule has 1 unspecified atom stereocenters. The van der Waals surface area contributed by atoms with Gasteiger partial charge < -0.3 is 10.1 Å². The second-order valence-electron chi connectivity index (χ2n) is 8.19. The Morgan fingerprint density at radius 3 is 2.84 bits per heavy atom. The highest BCUT2D eigenvalue weighted by Gasteiger charge is 2.38. The summed E-state index contributed by atoms with van der Waals surface area (Å²) in [6.45, 7) is 3.32. The van der Waals surface area contributed by atoms with E-state index in [-0.39, 0.29) is 29.8 Å². The second-order valence-corrected chi connectivity index (χ2v) is 9.30. The molecular formula is C22H22N4O5S. The molecule has 32 heavy (non-hydrogen) atoms. The number of hydrogen-bond donors (Lipinski definition) is 1. The molecule has 1 aliphatic carbocycles. The number of nitro benzene ring substituents is 1. The molecule has 1 N–H and O–H groups in total. The van der Waals surface area contributed by atoms with Gasteiger partial charge in [0.2, 0.25) is 5.91 Å². The number of non-ortho nitro benzene ring substituents is 1. The molecule has 2 aliphatic rings. The van der Waals surface area contributed by atoms with E-state index in [1.54, 1.807) is 13.8 Å². The summed E-state index contributed by atoms with van der Waals surface area (Å²) in [5.74, 6) is -0.839. The summed E-state index contributed by atoms with van der Waals surface area (Å²) in [7, 11) is 0. The maximum absolute atomic E-state index is 13.1. The zero-order chi connectivity index (χ0) is 23.0. The Balaban J connectivity index is 1.61. The number of nitrogens with one attached hydrogen (secondary N) is 1. The molecule has 2 amide bonds. The fourth-order valence-corrected chi connectivity index (χ4v) is 5.32. The van der Waals surface area contributed by atoms with Gasteiger partial charge in [-0.3, -0.25) is 24.6 Å². The molecular weight excluding hydrogens is 432 g/mol. The number of fused-ring (bicyclic) bond motifs is 2. The predicted molar refractivity (Wildman–Crippen MR) is 119 cm³/mol. The van der Waals surface area contributed by atoms with E-state index in [9.17, 15) is 25.0 Å². The Bertz CT molecular complexity index is 1150. The van der Waals surface area contributed by atoms with E-state index >= 15 is 0 Å². The zero-order valence-corrected chi connectivity index (χ0v) is 18.5. The van der Waals surface area contributed by atoms with E-state index in [1.807, 2.05) is 0 Å². The van der Waals surface area contributed by atoms with Crippen molar-refractivity contribution in [3.05, 3.63) is 44.3 Å². The van der Waals surface area contributed by atoms with Crippen molar-refractivity contribution in [2.75, 3.05) is 16.8 Å². The van der Waals surface area contributed by atoms with Gasteiger partial charge in [0.25, 0.3) is 11.6 Å². The van der Waals surface area contributed by atoms with Gasteiger partial charge in [-0.15, -0.1) is 11.3 Å². The van der Waals surface area contributed by atoms with Crippen molar-refractivity contribution in [3.63, 3.8) is 0 Å². The number of nitrogens with zero attached hydrogens (tertiary/aromatic N) is 3. The average Bonchev–Trinajstić information content (AvgIpc) is 3.11. The third kappa shape index (κ3) is 3.91. The summed E-state index contributed by atoms with van der Waals surface area (Å²) in [6, 6.07) is 6.17. The smallest absolute Gasteiger partial charge is 0.273 e. The van der Waals surface area contributed by atoms with Crippen molar-refractivity contribution in [2.45, 2.75) is 45.6 Å². The zero-order valence-electron chi connectivity index (χ0n) is 17.7. The van der Waals surface area contributed by atoms with Crippen LogP contribution in [-0.2, 0) is 22.4 Å². The van der Waals surface area contributed by atoms with E-state index in [4.69, 9.17) is 4.74 Å². The first-order valence-corrected chi connectivity index (χ1v) is 11.2. The van der Waals surface area contributed by atoms with Crippen LogP contribution in [0, 0.1) is 27.4 Å². The van der Waals surface area contributed by atoms with E-state index in [0.29, 0.717) is 16.3 Å². The van der Waals surface area contributed by atoms with Crippen LogP contribution in [0.25, 0.3) is 0 Å². The molecule has 0 fully saturated rings. The lowest BCUT2D eigenvalue weighted by molar-refractivity contribution is -0.384. The fraction of sp³-hybridized carbons (Fsp3) is 0.409. The summed E-state index contributed by atoms with van der Waals surface area (Å²) in [6.07, 6.45) is 2.95. The summed E-state index contributed by atoms with van der Waals surface area (Å²) in [5.41, 5.74) is 1.66. The minimum Gasteiger partial charge on any atom is -0.478 e. The number of aryl methyl sites for hydroxylation is 1. The molecule has 2 aromatic rings. The van der Waals surface area contributed by atoms with Crippen LogP contribution in [0.15, 0.2) is 18.2 Å². The Hall–Kier alpha value is -3.45. The SMILES string of the molecule is CC(C)C1Oc2cc([N+](=O)[O-])ccc2N(CC(=O)Nc2sc3c(c2C#N)CCCC3)C1=O. The molecule has 0 bridgehead atoms. The van der Waals surface area contributed by atoms with Gasteiger partial charge in [-0.05, 0) is 43.2 Å². The minimum atomic E-state index is -0.860. The number of benzene rings is 1. The summed E-state index contributed by atoms with van der Waals surface area (Å²) in [4.78, 5) is 39.0.